The van der Waals surface area contributed by atoms with Crippen molar-refractivity contribution < 1.29 is 4.92 Å². The number of hydrogen-bond acceptors (Lipinski definition) is 7. The molecule has 0 saturated carbocycles. The van der Waals surface area contributed by atoms with E-state index in [4.69, 9.17) is 23.2 Å². The highest BCUT2D eigenvalue weighted by Crippen LogP contribution is 2.36. The zero-order valence-electron chi connectivity index (χ0n) is 16.4. The summed E-state index contributed by atoms with van der Waals surface area (Å²) in [6.45, 7) is 0. The summed E-state index contributed by atoms with van der Waals surface area (Å²) >= 11 is 12.2. The molecular formula is C22H16Cl2N6O2. The molecule has 0 amide bonds. The summed E-state index contributed by atoms with van der Waals surface area (Å²) in [5, 5.41) is 17.3. The van der Waals surface area contributed by atoms with E-state index in [2.05, 4.69) is 20.7 Å². The predicted molar refractivity (Wildman–Crippen MR) is 127 cm³/mol. The van der Waals surface area contributed by atoms with E-state index in [1.165, 1.54) is 12.4 Å². The third-order valence-corrected chi connectivity index (χ3v) is 4.98. The molecule has 8 nitrogen and oxygen atoms in total. The molecule has 3 aromatic carbocycles. The molecule has 32 heavy (non-hydrogen) atoms. The van der Waals surface area contributed by atoms with Gasteiger partial charge in [0.1, 0.15) is 6.33 Å². The second-order valence-electron chi connectivity index (χ2n) is 6.54. The number of nitrogens with zero attached hydrogens (tertiary/aromatic N) is 4. The number of aromatic nitrogens is 2. The smallest absolute Gasteiger partial charge is 0.333 e. The van der Waals surface area contributed by atoms with Gasteiger partial charge >= 0.3 is 5.69 Å². The lowest BCUT2D eigenvalue weighted by Gasteiger charge is -2.26. The molecule has 1 aromatic heterocycles. The second-order valence-corrected chi connectivity index (χ2v) is 7.39. The van der Waals surface area contributed by atoms with Crippen molar-refractivity contribution in [3.8, 4) is 0 Å². The molecule has 0 saturated heterocycles. The maximum Gasteiger partial charge on any atom is 0.355 e. The lowest BCUT2D eigenvalue weighted by Crippen LogP contribution is -2.26. The lowest BCUT2D eigenvalue weighted by atomic mass is 10.2. The summed E-state index contributed by atoms with van der Waals surface area (Å²) in [5.74, 6) is -0.0110. The number of nitro groups is 1. The Balaban J connectivity index is 1.75. The molecule has 0 radical (unpaired) electrons. The van der Waals surface area contributed by atoms with Crippen molar-refractivity contribution in [3.05, 3.63) is 105 Å². The van der Waals surface area contributed by atoms with Crippen LogP contribution in [0.4, 0.5) is 34.4 Å². The van der Waals surface area contributed by atoms with Crippen molar-refractivity contribution in [2.75, 3.05) is 15.8 Å². The average molecular weight is 467 g/mol. The summed E-state index contributed by atoms with van der Waals surface area (Å²) in [5.41, 5.74) is 4.67. The molecule has 0 bridgehead atoms. The zero-order valence-corrected chi connectivity index (χ0v) is 18.0. The minimum atomic E-state index is -0.553. The van der Waals surface area contributed by atoms with Crippen LogP contribution in [0.2, 0.25) is 10.0 Å². The molecule has 4 rings (SSSR count). The van der Waals surface area contributed by atoms with Crippen molar-refractivity contribution in [1.29, 1.82) is 0 Å². The molecule has 0 atom stereocenters. The maximum absolute atomic E-state index is 12.0. The van der Waals surface area contributed by atoms with Gasteiger partial charge in [-0.05, 0) is 42.5 Å². The number of anilines is 5. The van der Waals surface area contributed by atoms with Crippen molar-refractivity contribution in [3.63, 3.8) is 0 Å². The Morgan fingerprint density at radius 2 is 1.44 bits per heavy atom. The summed E-state index contributed by atoms with van der Waals surface area (Å²) in [6, 6.07) is 23.5. The predicted octanol–water partition coefficient (Wildman–Crippen LogP) is 6.60. The Labute approximate surface area is 193 Å². The van der Waals surface area contributed by atoms with Gasteiger partial charge in [0.15, 0.2) is 0 Å². The van der Waals surface area contributed by atoms with Crippen LogP contribution in [-0.4, -0.2) is 14.9 Å². The molecule has 0 spiro atoms. The molecule has 0 fully saturated rings. The number of halogens is 2. The van der Waals surface area contributed by atoms with Crippen LogP contribution in [0.15, 0.2) is 85.2 Å². The maximum atomic E-state index is 12.0. The van der Waals surface area contributed by atoms with Crippen LogP contribution in [-0.2, 0) is 0 Å². The molecule has 160 valence electrons. The van der Waals surface area contributed by atoms with Crippen LogP contribution < -0.4 is 15.8 Å². The van der Waals surface area contributed by atoms with Crippen LogP contribution in [0.5, 0.6) is 0 Å². The largest absolute Gasteiger partial charge is 0.355 e. The Bertz CT molecular complexity index is 1200. The zero-order chi connectivity index (χ0) is 22.5. The van der Waals surface area contributed by atoms with E-state index >= 15 is 0 Å². The van der Waals surface area contributed by atoms with E-state index in [1.807, 2.05) is 60.7 Å². The molecule has 1 heterocycles. The standard InChI is InChI=1S/C22H16Cl2N6O2/c23-15-11-12-19(18(24)13-15)27-21-20(30(31)32)22(26-14-25-21)28-29(16-7-3-1-4-8-16)17-9-5-2-6-10-17/h1-14H,(H2,25,26,27,28). The van der Waals surface area contributed by atoms with Gasteiger partial charge in [0.25, 0.3) is 0 Å². The molecule has 0 aliphatic rings. The van der Waals surface area contributed by atoms with Gasteiger partial charge in [0, 0.05) is 5.02 Å². The third-order valence-electron chi connectivity index (χ3n) is 4.44. The molecular weight excluding hydrogens is 451 g/mol. The minimum absolute atomic E-state index is 0.00490. The summed E-state index contributed by atoms with van der Waals surface area (Å²) in [6.07, 6.45) is 1.23. The van der Waals surface area contributed by atoms with Gasteiger partial charge in [-0.2, -0.15) is 0 Å². The van der Waals surface area contributed by atoms with Gasteiger partial charge in [-0.3, -0.25) is 20.5 Å². The first-order valence-corrected chi connectivity index (χ1v) is 10.2. The van der Waals surface area contributed by atoms with Crippen LogP contribution in [0.25, 0.3) is 0 Å². The Morgan fingerprint density at radius 1 is 0.844 bits per heavy atom. The van der Waals surface area contributed by atoms with Crippen molar-refractivity contribution in [1.82, 2.24) is 9.97 Å². The van der Waals surface area contributed by atoms with E-state index in [1.54, 1.807) is 17.1 Å². The van der Waals surface area contributed by atoms with Crippen LogP contribution in [0.1, 0.15) is 0 Å². The van der Waals surface area contributed by atoms with Gasteiger partial charge in [-0.25, -0.2) is 9.97 Å². The highest BCUT2D eigenvalue weighted by atomic mass is 35.5. The Kier molecular flexibility index (Phi) is 6.34. The first kappa shape index (κ1) is 21.4. The van der Waals surface area contributed by atoms with Gasteiger partial charge in [0.2, 0.25) is 11.6 Å². The second kappa shape index (κ2) is 9.51. The SMILES string of the molecule is O=[N+]([O-])c1c(Nc2ccc(Cl)cc2Cl)ncnc1NN(c1ccccc1)c1ccccc1. The molecule has 0 unspecified atom stereocenters. The Hall–Kier alpha value is -3.88. The quantitative estimate of drug-likeness (QED) is 0.234. The fourth-order valence-corrected chi connectivity index (χ4v) is 3.44. The summed E-state index contributed by atoms with van der Waals surface area (Å²) in [7, 11) is 0. The van der Waals surface area contributed by atoms with Gasteiger partial charge in [-0.15, -0.1) is 0 Å². The van der Waals surface area contributed by atoms with E-state index < -0.39 is 4.92 Å². The molecule has 10 heteroatoms. The molecule has 0 aliphatic carbocycles. The number of nitrogens with one attached hydrogen (secondary N) is 2. The first-order chi connectivity index (χ1) is 15.5. The molecule has 2 N–H and O–H groups in total. The lowest BCUT2D eigenvalue weighted by molar-refractivity contribution is -0.383. The fourth-order valence-electron chi connectivity index (χ4n) is 2.98. The number of para-hydroxylation sites is 2. The van der Waals surface area contributed by atoms with E-state index in [0.717, 1.165) is 11.4 Å². The molecule has 0 aliphatic heterocycles. The number of benzene rings is 3. The first-order valence-electron chi connectivity index (χ1n) is 9.41. The van der Waals surface area contributed by atoms with Crippen molar-refractivity contribution in [2.45, 2.75) is 0 Å². The highest BCUT2D eigenvalue weighted by Gasteiger charge is 2.25. The van der Waals surface area contributed by atoms with Gasteiger partial charge in [-0.1, -0.05) is 59.6 Å². The highest BCUT2D eigenvalue weighted by molar-refractivity contribution is 6.36. The van der Waals surface area contributed by atoms with Crippen LogP contribution in [0, 0.1) is 10.1 Å². The van der Waals surface area contributed by atoms with E-state index in [-0.39, 0.29) is 17.3 Å². The number of rotatable bonds is 7. The monoisotopic (exact) mass is 466 g/mol. The van der Waals surface area contributed by atoms with Crippen molar-refractivity contribution >= 4 is 57.6 Å². The topological polar surface area (TPSA) is 96.2 Å². The molecule has 4 aromatic rings. The number of hydrazine groups is 1. The number of hydrogen-bond donors (Lipinski definition) is 2. The van der Waals surface area contributed by atoms with Crippen LogP contribution >= 0.6 is 23.2 Å². The summed E-state index contributed by atoms with van der Waals surface area (Å²) in [4.78, 5) is 19.6. The summed E-state index contributed by atoms with van der Waals surface area (Å²) < 4.78 is 0. The minimum Gasteiger partial charge on any atom is -0.333 e. The third kappa shape index (κ3) is 4.72. The normalized spacial score (nSPS) is 10.4. The van der Waals surface area contributed by atoms with Crippen LogP contribution in [0.3, 0.4) is 0 Å². The Morgan fingerprint density at radius 3 is 2.00 bits per heavy atom. The van der Waals surface area contributed by atoms with Gasteiger partial charge < -0.3 is 5.32 Å². The fraction of sp³-hybridized carbons (Fsp3) is 0. The van der Waals surface area contributed by atoms with E-state index in [0.29, 0.717) is 15.7 Å². The van der Waals surface area contributed by atoms with Crippen molar-refractivity contribution in [2.24, 2.45) is 0 Å². The van der Waals surface area contributed by atoms with Gasteiger partial charge in [0.05, 0.1) is 27.0 Å². The van der Waals surface area contributed by atoms with E-state index in [9.17, 15) is 10.1 Å². The average Bonchev–Trinajstić information content (AvgIpc) is 2.80.